The molecule has 1 nitrogen and oxygen atoms in total. The lowest BCUT2D eigenvalue weighted by atomic mass is 10.4. The van der Waals surface area contributed by atoms with Crippen molar-refractivity contribution in [2.45, 2.75) is 10.5 Å². The molecule has 0 aliphatic heterocycles. The van der Waals surface area contributed by atoms with E-state index < -0.39 is 16.2 Å². The van der Waals surface area contributed by atoms with Crippen LogP contribution in [0.15, 0.2) is 0 Å². The van der Waals surface area contributed by atoms with Crippen molar-refractivity contribution in [2.75, 3.05) is 0 Å². The summed E-state index contributed by atoms with van der Waals surface area (Å²) in [6.07, 6.45) is -4.84. The fourth-order valence-corrected chi connectivity index (χ4v) is 0.507. The summed E-state index contributed by atoms with van der Waals surface area (Å²) in [4.78, 5) is 9.86. The minimum absolute atomic E-state index is 1.67. The van der Waals surface area contributed by atoms with E-state index in [0.29, 0.717) is 0 Å². The SMILES string of the molecule is O=C(C(Cl)Br)C(F)(F)F. The predicted molar refractivity (Wildman–Crippen MR) is 29.6 cm³/mol. The average molecular weight is 225 g/mol. The van der Waals surface area contributed by atoms with Gasteiger partial charge in [-0.3, -0.25) is 4.79 Å². The Hall–Kier alpha value is 0.230. The predicted octanol–water partition coefficient (Wildman–Crippen LogP) is 2.08. The van der Waals surface area contributed by atoms with Crippen molar-refractivity contribution in [2.24, 2.45) is 0 Å². The molecule has 0 aromatic rings. The fourth-order valence-electron chi connectivity index (χ4n) is 0.124. The number of alkyl halides is 5. The molecule has 0 fully saturated rings. The first-order valence-corrected chi connectivity index (χ1v) is 3.10. The summed E-state index contributed by atoms with van der Waals surface area (Å²) in [5.41, 5.74) is 0. The lowest BCUT2D eigenvalue weighted by Crippen LogP contribution is -2.27. The van der Waals surface area contributed by atoms with Gasteiger partial charge >= 0.3 is 6.18 Å². The van der Waals surface area contributed by atoms with Crippen molar-refractivity contribution in [1.82, 2.24) is 0 Å². The zero-order valence-electron chi connectivity index (χ0n) is 3.88. The highest BCUT2D eigenvalue weighted by molar-refractivity contribution is 9.10. The zero-order valence-corrected chi connectivity index (χ0v) is 6.22. The van der Waals surface area contributed by atoms with Crippen molar-refractivity contribution in [1.29, 1.82) is 0 Å². The Balaban J connectivity index is 4.06. The molecule has 1 unspecified atom stereocenters. The normalized spacial score (nSPS) is 15.2. The smallest absolute Gasteiger partial charge is 0.287 e. The first-order valence-electron chi connectivity index (χ1n) is 1.75. The summed E-state index contributed by atoms with van der Waals surface area (Å²) in [6, 6.07) is 0. The number of carbonyl (C=O) groups excluding carboxylic acids is 1. The van der Waals surface area contributed by atoms with Crippen LogP contribution >= 0.6 is 27.5 Å². The van der Waals surface area contributed by atoms with Gasteiger partial charge < -0.3 is 0 Å². The van der Waals surface area contributed by atoms with Crippen LogP contribution in [0.1, 0.15) is 0 Å². The summed E-state index contributed by atoms with van der Waals surface area (Å²) in [7, 11) is 0. The van der Waals surface area contributed by atoms with E-state index in [-0.39, 0.29) is 0 Å². The van der Waals surface area contributed by atoms with Crippen molar-refractivity contribution in [3.05, 3.63) is 0 Å². The standard InChI is InChI=1S/C3HBrClF3O/c4-2(5)1(9)3(6,7)8/h2H. The second-order valence-electron chi connectivity index (χ2n) is 1.16. The number of hydrogen-bond donors (Lipinski definition) is 0. The van der Waals surface area contributed by atoms with E-state index in [1.807, 2.05) is 0 Å². The molecule has 0 aromatic heterocycles. The molecule has 0 aromatic carbocycles. The van der Waals surface area contributed by atoms with Gasteiger partial charge in [0.15, 0.2) is 4.29 Å². The van der Waals surface area contributed by atoms with Gasteiger partial charge in [-0.15, -0.1) is 11.6 Å². The lowest BCUT2D eigenvalue weighted by molar-refractivity contribution is -0.168. The van der Waals surface area contributed by atoms with Crippen LogP contribution < -0.4 is 0 Å². The first kappa shape index (κ1) is 9.23. The summed E-state index contributed by atoms with van der Waals surface area (Å²) >= 11 is 7.03. The molecular formula is C3HBrClF3O. The number of Topliss-reactive ketones (excluding diaryl/α,β-unsaturated/α-hetero) is 1. The van der Waals surface area contributed by atoms with Gasteiger partial charge in [0.05, 0.1) is 0 Å². The fraction of sp³-hybridized carbons (Fsp3) is 0.667. The van der Waals surface area contributed by atoms with Crippen LogP contribution in [-0.2, 0) is 4.79 Å². The molecule has 9 heavy (non-hydrogen) atoms. The van der Waals surface area contributed by atoms with Gasteiger partial charge in [-0.05, 0) is 0 Å². The number of rotatable bonds is 1. The van der Waals surface area contributed by atoms with Crippen LogP contribution in [0.3, 0.4) is 0 Å². The maximum absolute atomic E-state index is 11.2. The molecule has 1 atom stereocenters. The monoisotopic (exact) mass is 224 g/mol. The molecule has 0 heterocycles. The molecule has 0 bridgehead atoms. The van der Waals surface area contributed by atoms with Gasteiger partial charge in [0, 0.05) is 0 Å². The molecule has 0 radical (unpaired) electrons. The van der Waals surface area contributed by atoms with E-state index in [1.54, 1.807) is 0 Å². The first-order chi connectivity index (χ1) is 3.85. The van der Waals surface area contributed by atoms with Crippen molar-refractivity contribution in [3.63, 3.8) is 0 Å². The second kappa shape index (κ2) is 2.88. The Kier molecular flexibility index (Phi) is 2.95. The van der Waals surface area contributed by atoms with Crippen molar-refractivity contribution in [3.8, 4) is 0 Å². The van der Waals surface area contributed by atoms with Gasteiger partial charge in [-0.1, -0.05) is 15.9 Å². The lowest BCUT2D eigenvalue weighted by Gasteiger charge is -2.03. The topological polar surface area (TPSA) is 17.1 Å². The Bertz CT molecular complexity index is 121. The molecular weight excluding hydrogens is 224 g/mol. The maximum Gasteiger partial charge on any atom is 0.452 e. The van der Waals surface area contributed by atoms with Gasteiger partial charge in [0.2, 0.25) is 0 Å². The highest BCUT2D eigenvalue weighted by atomic mass is 79.9. The molecule has 0 spiro atoms. The van der Waals surface area contributed by atoms with E-state index >= 15 is 0 Å². The van der Waals surface area contributed by atoms with E-state index in [0.717, 1.165) is 0 Å². The van der Waals surface area contributed by atoms with Crippen LogP contribution in [0.2, 0.25) is 0 Å². The quantitative estimate of drug-likeness (QED) is 0.625. The maximum atomic E-state index is 11.2. The molecule has 0 aliphatic carbocycles. The Morgan fingerprint density at radius 1 is 1.56 bits per heavy atom. The third kappa shape index (κ3) is 3.05. The molecule has 0 N–H and O–H groups in total. The van der Waals surface area contributed by atoms with Gasteiger partial charge in [0.1, 0.15) is 0 Å². The number of halogens is 5. The van der Waals surface area contributed by atoms with E-state index in [2.05, 4.69) is 15.9 Å². The molecule has 0 rings (SSSR count). The largest absolute Gasteiger partial charge is 0.452 e. The number of carbonyl (C=O) groups is 1. The molecule has 54 valence electrons. The summed E-state index contributed by atoms with van der Waals surface area (Å²) in [5, 5.41) is 0. The third-order valence-corrected chi connectivity index (χ3v) is 1.09. The minimum Gasteiger partial charge on any atom is -0.287 e. The van der Waals surface area contributed by atoms with Crippen LogP contribution in [0.5, 0.6) is 0 Å². The molecule has 0 aliphatic rings. The van der Waals surface area contributed by atoms with Crippen molar-refractivity contribution < 1.29 is 18.0 Å². The number of hydrogen-bond acceptors (Lipinski definition) is 1. The van der Waals surface area contributed by atoms with Crippen molar-refractivity contribution >= 4 is 33.3 Å². The Morgan fingerprint density at radius 2 is 1.89 bits per heavy atom. The summed E-state index contributed by atoms with van der Waals surface area (Å²) in [5.74, 6) is -1.98. The third-order valence-electron chi connectivity index (χ3n) is 0.478. The minimum atomic E-state index is -4.84. The Morgan fingerprint density at radius 3 is 1.89 bits per heavy atom. The van der Waals surface area contributed by atoms with Gasteiger partial charge in [-0.25, -0.2) is 0 Å². The molecule has 0 saturated carbocycles. The molecule has 6 heteroatoms. The highest BCUT2D eigenvalue weighted by Gasteiger charge is 2.41. The average Bonchev–Trinajstić information content (AvgIpc) is 1.62. The Labute approximate surface area is 62.3 Å². The summed E-state index contributed by atoms with van der Waals surface area (Å²) in [6.45, 7) is 0. The zero-order chi connectivity index (χ0) is 7.65. The van der Waals surface area contributed by atoms with Gasteiger partial charge in [0.25, 0.3) is 5.78 Å². The van der Waals surface area contributed by atoms with E-state index in [1.165, 1.54) is 0 Å². The summed E-state index contributed by atoms with van der Waals surface area (Å²) < 4.78 is 32.0. The van der Waals surface area contributed by atoms with Crippen LogP contribution in [0, 0.1) is 0 Å². The second-order valence-corrected chi connectivity index (χ2v) is 3.04. The van der Waals surface area contributed by atoms with E-state index in [4.69, 9.17) is 11.6 Å². The van der Waals surface area contributed by atoms with Crippen LogP contribution in [0.25, 0.3) is 0 Å². The molecule has 0 amide bonds. The van der Waals surface area contributed by atoms with E-state index in [9.17, 15) is 18.0 Å². The van der Waals surface area contributed by atoms with Crippen LogP contribution in [0.4, 0.5) is 13.2 Å². The highest BCUT2D eigenvalue weighted by Crippen LogP contribution is 2.22. The van der Waals surface area contributed by atoms with Crippen LogP contribution in [-0.4, -0.2) is 16.2 Å². The number of ketones is 1. The molecule has 0 saturated heterocycles. The van der Waals surface area contributed by atoms with Gasteiger partial charge in [-0.2, -0.15) is 13.2 Å².